The number of carbonyl (C=O) groups excluding carboxylic acids is 1. The van der Waals surface area contributed by atoms with E-state index in [0.29, 0.717) is 13.0 Å². The monoisotopic (exact) mass is 749 g/mol. The Morgan fingerprint density at radius 3 is 2.12 bits per heavy atom. The first-order valence-corrected chi connectivity index (χ1v) is 19.1. The smallest absolute Gasteiger partial charge is 0.311 e. The van der Waals surface area contributed by atoms with Crippen LogP contribution in [0.1, 0.15) is 94.9 Å². The summed E-state index contributed by atoms with van der Waals surface area (Å²) in [5.41, 5.74) is -4.37. The summed E-state index contributed by atoms with van der Waals surface area (Å²) < 4.78 is 37.5. The Morgan fingerprint density at radius 2 is 1.56 bits per heavy atom. The van der Waals surface area contributed by atoms with E-state index in [9.17, 15) is 30.3 Å². The molecule has 14 heteroatoms. The lowest BCUT2D eigenvalue weighted by atomic mass is 9.77. The number of hydrogen-bond donors (Lipinski definition) is 5. The van der Waals surface area contributed by atoms with Gasteiger partial charge in [0.25, 0.3) is 0 Å². The van der Waals surface area contributed by atoms with Gasteiger partial charge >= 0.3 is 5.97 Å². The molecule has 0 bridgehead atoms. The minimum absolute atomic E-state index is 0.133. The molecule has 306 valence electrons. The molecule has 52 heavy (non-hydrogen) atoms. The van der Waals surface area contributed by atoms with Crippen LogP contribution in [-0.2, 0) is 33.2 Å². The first-order valence-electron chi connectivity index (χ1n) is 19.1. The van der Waals surface area contributed by atoms with Crippen LogP contribution in [0, 0.1) is 17.8 Å². The summed E-state index contributed by atoms with van der Waals surface area (Å²) in [5, 5.41) is 58.1. The molecule has 3 aliphatic heterocycles. The van der Waals surface area contributed by atoms with Crippen molar-refractivity contribution in [1.29, 1.82) is 0 Å². The van der Waals surface area contributed by atoms with Gasteiger partial charge in [-0.25, -0.2) is 0 Å². The highest BCUT2D eigenvalue weighted by Gasteiger charge is 2.52. The van der Waals surface area contributed by atoms with Crippen LogP contribution in [0.4, 0.5) is 0 Å². The highest BCUT2D eigenvalue weighted by Crippen LogP contribution is 2.40. The Labute approximate surface area is 312 Å². The fourth-order valence-electron chi connectivity index (χ4n) is 8.74. The van der Waals surface area contributed by atoms with Crippen LogP contribution in [0.5, 0.6) is 0 Å². The van der Waals surface area contributed by atoms with Crippen molar-refractivity contribution in [3.05, 3.63) is 0 Å². The number of aliphatic hydroxyl groups is 5. The second-order valence-electron chi connectivity index (χ2n) is 17.2. The Hall–Kier alpha value is -1.01. The molecule has 3 saturated heterocycles. The van der Waals surface area contributed by atoms with E-state index in [1.807, 2.05) is 51.7 Å². The van der Waals surface area contributed by atoms with Gasteiger partial charge in [-0.3, -0.25) is 4.79 Å². The summed E-state index contributed by atoms with van der Waals surface area (Å²) >= 11 is 0. The van der Waals surface area contributed by atoms with Gasteiger partial charge in [0.05, 0.1) is 41.5 Å². The predicted octanol–water partition coefficient (Wildman–Crippen LogP) is 1.90. The number of ether oxygens (including phenoxy) is 6. The number of esters is 1. The van der Waals surface area contributed by atoms with Gasteiger partial charge in [0, 0.05) is 38.1 Å². The van der Waals surface area contributed by atoms with Gasteiger partial charge < -0.3 is 63.8 Å². The third kappa shape index (κ3) is 10.0. The Kier molecular flexibility index (Phi) is 15.6. The summed E-state index contributed by atoms with van der Waals surface area (Å²) in [6.07, 6.45) is -8.19. The van der Waals surface area contributed by atoms with Crippen LogP contribution in [0.25, 0.3) is 0 Å². The third-order valence-electron chi connectivity index (χ3n) is 12.2. The molecule has 0 amide bonds. The zero-order valence-corrected chi connectivity index (χ0v) is 34.2. The summed E-state index contributed by atoms with van der Waals surface area (Å²) in [6, 6.07) is -0.808. The maximum atomic E-state index is 14.2. The molecule has 3 rings (SSSR count). The van der Waals surface area contributed by atoms with Crippen LogP contribution in [-0.4, -0.2) is 166 Å². The molecular weight excluding hydrogens is 676 g/mol. The molecule has 0 aromatic rings. The molecule has 0 radical (unpaired) electrons. The van der Waals surface area contributed by atoms with E-state index in [1.165, 1.54) is 14.0 Å². The molecule has 18 atom stereocenters. The van der Waals surface area contributed by atoms with E-state index in [-0.39, 0.29) is 37.3 Å². The van der Waals surface area contributed by atoms with E-state index < -0.39 is 96.0 Å². The first-order chi connectivity index (χ1) is 23.9. The van der Waals surface area contributed by atoms with E-state index in [4.69, 9.17) is 28.4 Å². The van der Waals surface area contributed by atoms with Crippen LogP contribution in [0.15, 0.2) is 0 Å². The molecule has 5 N–H and O–H groups in total. The molecule has 0 aromatic carbocycles. The number of aliphatic hydroxyl groups excluding tert-OH is 3. The lowest BCUT2D eigenvalue weighted by Gasteiger charge is -2.48. The summed E-state index contributed by atoms with van der Waals surface area (Å²) in [4.78, 5) is 18.0. The van der Waals surface area contributed by atoms with Gasteiger partial charge in [0.2, 0.25) is 0 Å². The van der Waals surface area contributed by atoms with E-state index in [0.717, 1.165) is 0 Å². The van der Waals surface area contributed by atoms with Crippen LogP contribution in [0.2, 0.25) is 0 Å². The fourth-order valence-corrected chi connectivity index (χ4v) is 8.74. The SMILES string of the molecule is CC[C@H]1OC(=O)C(C)[C@@H](OC2CC(C)(OC)C(O)C(C)O2)[C@H](C)[C@@H](OC2OC(C)CC(N(C)C)C2O)[C@](C)(O)C[C@@H](C)CN(C)C(C)C(O)[C@]1(C)O. The zero-order valence-electron chi connectivity index (χ0n) is 34.2. The summed E-state index contributed by atoms with van der Waals surface area (Å²) in [6.45, 7) is 18.0. The van der Waals surface area contributed by atoms with Crippen molar-refractivity contribution in [3.8, 4) is 0 Å². The van der Waals surface area contributed by atoms with Crippen molar-refractivity contribution in [2.75, 3.05) is 34.8 Å². The molecule has 3 aliphatic rings. The van der Waals surface area contributed by atoms with Crippen molar-refractivity contribution in [2.45, 2.75) is 185 Å². The topological polar surface area (TPSA) is 180 Å². The van der Waals surface area contributed by atoms with Gasteiger partial charge in [-0.1, -0.05) is 20.8 Å². The molecule has 0 spiro atoms. The standard InChI is InChI=1S/C38H72N2O12/c1-15-27-38(10,46)31(42)24(6)40(13)19-20(2)17-36(8,45)33(52-35-29(41)26(39(11)12)16-21(3)48-35)22(4)30(23(5)34(44)50-27)51-28-18-37(9,47-14)32(43)25(7)49-28/h20-33,35,41-43,45-46H,15-19H2,1-14H3/t20-,21?,22+,23?,24?,25?,26?,27-,28?,29?,30+,31?,32?,33-,35?,36-,37?,38-/m1/s1. The van der Waals surface area contributed by atoms with E-state index in [2.05, 4.69) is 0 Å². The molecule has 11 unspecified atom stereocenters. The van der Waals surface area contributed by atoms with Gasteiger partial charge in [-0.05, 0) is 94.8 Å². The van der Waals surface area contributed by atoms with Crippen molar-refractivity contribution >= 4 is 5.97 Å². The van der Waals surface area contributed by atoms with Gasteiger partial charge in [0.15, 0.2) is 12.6 Å². The first kappa shape index (κ1) is 45.4. The number of methoxy groups -OCH3 is 1. The summed E-state index contributed by atoms with van der Waals surface area (Å²) in [7, 11) is 7.12. The minimum atomic E-state index is -1.80. The van der Waals surface area contributed by atoms with Crippen molar-refractivity contribution in [3.63, 3.8) is 0 Å². The number of rotatable bonds is 7. The molecule has 0 aromatic heterocycles. The second kappa shape index (κ2) is 17.8. The number of cyclic esters (lactones) is 1. The molecular formula is C38H72N2O12. The number of carbonyl (C=O) groups is 1. The molecule has 0 saturated carbocycles. The van der Waals surface area contributed by atoms with E-state index in [1.54, 1.807) is 41.5 Å². The Morgan fingerprint density at radius 1 is 0.942 bits per heavy atom. The van der Waals surface area contributed by atoms with Crippen LogP contribution >= 0.6 is 0 Å². The van der Waals surface area contributed by atoms with Crippen LogP contribution in [0.3, 0.4) is 0 Å². The lowest BCUT2D eigenvalue weighted by molar-refractivity contribution is -0.318. The Bertz CT molecular complexity index is 1140. The maximum absolute atomic E-state index is 14.2. The van der Waals surface area contributed by atoms with Crippen molar-refractivity contribution < 1.29 is 58.7 Å². The zero-order chi connectivity index (χ0) is 39.7. The van der Waals surface area contributed by atoms with Crippen molar-refractivity contribution in [1.82, 2.24) is 9.80 Å². The highest BCUT2D eigenvalue weighted by atomic mass is 16.7. The second-order valence-corrected chi connectivity index (χ2v) is 17.2. The molecule has 0 aliphatic carbocycles. The molecule has 14 nitrogen and oxygen atoms in total. The quantitative estimate of drug-likeness (QED) is 0.238. The van der Waals surface area contributed by atoms with Gasteiger partial charge in [-0.15, -0.1) is 0 Å². The minimum Gasteiger partial charge on any atom is -0.459 e. The highest BCUT2D eigenvalue weighted by molar-refractivity contribution is 5.73. The number of likely N-dealkylation sites (N-methyl/N-ethyl adjacent to an activating group) is 2. The molecule has 3 fully saturated rings. The third-order valence-corrected chi connectivity index (χ3v) is 12.2. The fraction of sp³-hybridized carbons (Fsp3) is 0.974. The average molecular weight is 749 g/mol. The van der Waals surface area contributed by atoms with Crippen LogP contribution < -0.4 is 0 Å². The normalized spacial score (nSPS) is 49.6. The number of hydrogen-bond acceptors (Lipinski definition) is 14. The van der Waals surface area contributed by atoms with Gasteiger partial charge in [0.1, 0.15) is 30.0 Å². The van der Waals surface area contributed by atoms with Crippen molar-refractivity contribution in [2.24, 2.45) is 17.8 Å². The lowest BCUT2D eigenvalue weighted by Crippen LogP contribution is -2.60. The predicted molar refractivity (Wildman–Crippen MR) is 194 cm³/mol. The largest absolute Gasteiger partial charge is 0.459 e. The maximum Gasteiger partial charge on any atom is 0.311 e. The Balaban J connectivity index is 2.17. The average Bonchev–Trinajstić information content (AvgIpc) is 3.05. The van der Waals surface area contributed by atoms with E-state index >= 15 is 0 Å². The van der Waals surface area contributed by atoms with Gasteiger partial charge in [-0.2, -0.15) is 0 Å². The summed E-state index contributed by atoms with van der Waals surface area (Å²) in [5.74, 6) is -2.58. The number of nitrogens with zero attached hydrogens (tertiary/aromatic N) is 2. The molecule has 3 heterocycles.